The van der Waals surface area contributed by atoms with Crippen molar-refractivity contribution in [3.05, 3.63) is 23.4 Å². The van der Waals surface area contributed by atoms with Crippen LogP contribution in [0.1, 0.15) is 20.8 Å². The molecule has 12 heavy (non-hydrogen) atoms. The van der Waals surface area contributed by atoms with Crippen molar-refractivity contribution in [2.75, 3.05) is 0 Å². The van der Waals surface area contributed by atoms with Crippen molar-refractivity contribution in [2.24, 2.45) is 5.92 Å². The second-order valence-corrected chi connectivity index (χ2v) is 2.91. The van der Waals surface area contributed by atoms with Gasteiger partial charge in [-0.25, -0.2) is 0 Å². The normalized spacial score (nSPS) is 13.8. The number of allylic oxidation sites excluding steroid dienone is 3. The van der Waals surface area contributed by atoms with E-state index in [0.29, 0.717) is 0 Å². The Labute approximate surface area is 73.2 Å². The van der Waals surface area contributed by atoms with Crippen LogP contribution in [-0.4, -0.2) is 22.3 Å². The minimum atomic E-state index is -1.61. The van der Waals surface area contributed by atoms with Crippen LogP contribution < -0.4 is 0 Å². The van der Waals surface area contributed by atoms with Crippen molar-refractivity contribution in [1.82, 2.24) is 0 Å². The summed E-state index contributed by atoms with van der Waals surface area (Å²) in [4.78, 5) is 0. The van der Waals surface area contributed by atoms with Crippen LogP contribution in [0, 0.1) is 5.92 Å². The van der Waals surface area contributed by atoms with E-state index in [-0.39, 0.29) is 17.1 Å². The number of aliphatic hydroxyl groups excluding tert-OH is 1. The van der Waals surface area contributed by atoms with E-state index in [9.17, 15) is 5.11 Å². The maximum Gasteiger partial charge on any atom is 0.491 e. The Balaban J connectivity index is 4.67. The zero-order chi connectivity index (χ0) is 9.72. The Kier molecular flexibility index (Phi) is 4.70. The van der Waals surface area contributed by atoms with E-state index < -0.39 is 7.12 Å². The minimum absolute atomic E-state index is 0.0845. The largest absolute Gasteiger partial charge is 0.509 e. The summed E-state index contributed by atoms with van der Waals surface area (Å²) in [6.45, 7) is 5.42. The van der Waals surface area contributed by atoms with Gasteiger partial charge in [-0.05, 0) is 18.9 Å². The van der Waals surface area contributed by atoms with E-state index in [1.165, 1.54) is 6.08 Å². The SMILES string of the molecule is C/C=C(O)\C(=C/C(C)C)B(O)O. The summed E-state index contributed by atoms with van der Waals surface area (Å²) >= 11 is 0. The maximum absolute atomic E-state index is 9.21. The third-order valence-corrected chi connectivity index (χ3v) is 1.36. The van der Waals surface area contributed by atoms with Gasteiger partial charge in [-0.1, -0.05) is 19.9 Å². The predicted molar refractivity (Wildman–Crippen MR) is 49.5 cm³/mol. The van der Waals surface area contributed by atoms with Gasteiger partial charge >= 0.3 is 7.12 Å². The Morgan fingerprint density at radius 1 is 1.33 bits per heavy atom. The molecular formula is C8H15BO3. The molecule has 0 aliphatic carbocycles. The standard InChI is InChI=1S/C8H15BO3/c1-4-8(10)7(9(11)12)5-6(2)3/h4-6,10-12H,1-3H3/b7-5+,8-4+. The van der Waals surface area contributed by atoms with Gasteiger partial charge in [-0.15, -0.1) is 0 Å². The van der Waals surface area contributed by atoms with E-state index in [1.807, 2.05) is 13.8 Å². The molecule has 0 spiro atoms. The van der Waals surface area contributed by atoms with Crippen molar-refractivity contribution in [3.8, 4) is 0 Å². The smallest absolute Gasteiger partial charge is 0.491 e. The zero-order valence-corrected chi connectivity index (χ0v) is 7.65. The van der Waals surface area contributed by atoms with Crippen LogP contribution in [0.2, 0.25) is 0 Å². The molecule has 68 valence electrons. The molecule has 0 saturated carbocycles. The van der Waals surface area contributed by atoms with Crippen molar-refractivity contribution in [1.29, 1.82) is 0 Å². The van der Waals surface area contributed by atoms with Gasteiger partial charge in [0.05, 0.1) is 0 Å². The Morgan fingerprint density at radius 2 is 1.83 bits per heavy atom. The highest BCUT2D eigenvalue weighted by molar-refractivity contribution is 6.52. The van der Waals surface area contributed by atoms with Gasteiger partial charge in [0.1, 0.15) is 5.76 Å². The van der Waals surface area contributed by atoms with Crippen molar-refractivity contribution in [3.63, 3.8) is 0 Å². The number of rotatable bonds is 3. The molecule has 3 nitrogen and oxygen atoms in total. The molecule has 0 rings (SSSR count). The lowest BCUT2D eigenvalue weighted by Gasteiger charge is -2.06. The van der Waals surface area contributed by atoms with E-state index in [4.69, 9.17) is 10.0 Å². The fourth-order valence-corrected chi connectivity index (χ4v) is 0.830. The quantitative estimate of drug-likeness (QED) is 0.337. The first-order valence-electron chi connectivity index (χ1n) is 3.92. The van der Waals surface area contributed by atoms with Gasteiger partial charge in [0.15, 0.2) is 0 Å². The van der Waals surface area contributed by atoms with Gasteiger partial charge in [0.2, 0.25) is 0 Å². The molecule has 0 aliphatic heterocycles. The number of hydrogen-bond donors (Lipinski definition) is 3. The summed E-state index contributed by atoms with van der Waals surface area (Å²) in [6.07, 6.45) is 3.04. The van der Waals surface area contributed by atoms with Crippen LogP contribution >= 0.6 is 0 Å². The molecule has 0 aromatic heterocycles. The average molecular weight is 170 g/mol. The molecule has 0 amide bonds. The summed E-state index contributed by atoms with van der Waals surface area (Å²) in [6, 6.07) is 0. The van der Waals surface area contributed by atoms with Crippen LogP contribution in [0.3, 0.4) is 0 Å². The molecule has 0 radical (unpaired) electrons. The fraction of sp³-hybridized carbons (Fsp3) is 0.500. The minimum Gasteiger partial charge on any atom is -0.509 e. The summed E-state index contributed by atoms with van der Waals surface area (Å²) in [7, 11) is -1.61. The highest BCUT2D eigenvalue weighted by atomic mass is 16.4. The second kappa shape index (κ2) is 5.01. The number of aliphatic hydroxyl groups is 1. The molecule has 0 aromatic rings. The molecule has 0 atom stereocenters. The molecule has 0 aliphatic rings. The highest BCUT2D eigenvalue weighted by Gasteiger charge is 2.18. The van der Waals surface area contributed by atoms with E-state index >= 15 is 0 Å². The molecule has 4 heteroatoms. The van der Waals surface area contributed by atoms with E-state index in [1.54, 1.807) is 13.0 Å². The van der Waals surface area contributed by atoms with Crippen LogP contribution in [0.4, 0.5) is 0 Å². The van der Waals surface area contributed by atoms with Gasteiger partial charge in [0, 0.05) is 5.47 Å². The van der Waals surface area contributed by atoms with Crippen LogP contribution in [-0.2, 0) is 0 Å². The third kappa shape index (κ3) is 3.60. The van der Waals surface area contributed by atoms with E-state index in [2.05, 4.69) is 0 Å². The lowest BCUT2D eigenvalue weighted by atomic mass is 9.76. The topological polar surface area (TPSA) is 60.7 Å². The molecule has 3 N–H and O–H groups in total. The summed E-state index contributed by atoms with van der Waals surface area (Å²) in [5.74, 6) is 0.0857. The van der Waals surface area contributed by atoms with Gasteiger partial charge in [-0.3, -0.25) is 0 Å². The van der Waals surface area contributed by atoms with Crippen molar-refractivity contribution < 1.29 is 15.2 Å². The molecule has 0 unspecified atom stereocenters. The first-order chi connectivity index (χ1) is 5.49. The van der Waals surface area contributed by atoms with Gasteiger partial charge < -0.3 is 15.2 Å². The Morgan fingerprint density at radius 3 is 2.08 bits per heavy atom. The first-order valence-corrected chi connectivity index (χ1v) is 3.92. The maximum atomic E-state index is 9.21. The Hall–Kier alpha value is -0.735. The first kappa shape index (κ1) is 11.3. The summed E-state index contributed by atoms with van der Waals surface area (Å²) in [5, 5.41) is 26.9. The lowest BCUT2D eigenvalue weighted by Crippen LogP contribution is -2.17. The fourth-order valence-electron chi connectivity index (χ4n) is 0.830. The number of hydrogen-bond acceptors (Lipinski definition) is 3. The van der Waals surface area contributed by atoms with Crippen LogP contribution in [0.15, 0.2) is 23.4 Å². The summed E-state index contributed by atoms with van der Waals surface area (Å²) in [5.41, 5.74) is 0.160. The van der Waals surface area contributed by atoms with Crippen LogP contribution in [0.5, 0.6) is 0 Å². The second-order valence-electron chi connectivity index (χ2n) is 2.91. The summed E-state index contributed by atoms with van der Waals surface area (Å²) < 4.78 is 0. The monoisotopic (exact) mass is 170 g/mol. The molecule has 0 saturated heterocycles. The molecular weight excluding hydrogens is 155 g/mol. The van der Waals surface area contributed by atoms with Crippen molar-refractivity contribution in [2.45, 2.75) is 20.8 Å². The predicted octanol–water partition coefficient (Wildman–Crippen LogP) is 1.04. The molecule has 0 aromatic carbocycles. The van der Waals surface area contributed by atoms with Gasteiger partial charge in [0.25, 0.3) is 0 Å². The lowest BCUT2D eigenvalue weighted by molar-refractivity contribution is 0.391. The Bertz CT molecular complexity index is 194. The zero-order valence-electron chi connectivity index (χ0n) is 7.65. The molecule has 0 bridgehead atoms. The molecule has 0 heterocycles. The molecule has 0 fully saturated rings. The highest BCUT2D eigenvalue weighted by Crippen LogP contribution is 2.11. The third-order valence-electron chi connectivity index (χ3n) is 1.36. The van der Waals surface area contributed by atoms with Gasteiger partial charge in [-0.2, -0.15) is 0 Å². The van der Waals surface area contributed by atoms with Crippen molar-refractivity contribution >= 4 is 7.12 Å². The van der Waals surface area contributed by atoms with E-state index in [0.717, 1.165) is 0 Å². The average Bonchev–Trinajstić information content (AvgIpc) is 1.98. The van der Waals surface area contributed by atoms with Crippen LogP contribution in [0.25, 0.3) is 0 Å².